The lowest BCUT2D eigenvalue weighted by atomic mass is 9.46. The van der Waals surface area contributed by atoms with Crippen molar-refractivity contribution in [3.63, 3.8) is 0 Å². The van der Waals surface area contributed by atoms with Crippen molar-refractivity contribution in [1.29, 1.82) is 0 Å². The standard InChI is InChI=1S/C27H31NO5S/c1-31-23-10-6-9-21-25(23)33-26-13-11-20(18-32-34(2,29)30)24-22(12-14-26)28(16-15-27(21,24)26)17-19-7-4-3-5-8-19/h3-10,12,14,20,22,24H,11,13,15-18H2,1-2H3. The zero-order valence-electron chi connectivity index (χ0n) is 19.6. The third-order valence-corrected chi connectivity index (χ3v) is 9.12. The summed E-state index contributed by atoms with van der Waals surface area (Å²) in [5, 5.41) is 0. The summed E-state index contributed by atoms with van der Waals surface area (Å²) in [7, 11) is -1.83. The normalized spacial score (nSPS) is 33.6. The summed E-state index contributed by atoms with van der Waals surface area (Å²) >= 11 is 0. The number of hydrogen-bond donors (Lipinski definition) is 0. The molecule has 1 saturated heterocycles. The zero-order chi connectivity index (χ0) is 23.6. The molecule has 2 aliphatic heterocycles. The Hall–Kier alpha value is -2.35. The predicted octanol–water partition coefficient (Wildman–Crippen LogP) is 3.91. The summed E-state index contributed by atoms with van der Waals surface area (Å²) in [6, 6.07) is 16.9. The Morgan fingerprint density at radius 3 is 2.71 bits per heavy atom. The minimum absolute atomic E-state index is 0.108. The maximum Gasteiger partial charge on any atom is 0.264 e. The first-order valence-electron chi connectivity index (χ1n) is 12.1. The molecule has 0 amide bonds. The molecule has 6 nitrogen and oxygen atoms in total. The quantitative estimate of drug-likeness (QED) is 0.461. The number of para-hydroxylation sites is 1. The van der Waals surface area contributed by atoms with Crippen LogP contribution in [0.25, 0.3) is 0 Å². The molecule has 5 atom stereocenters. The molecule has 180 valence electrons. The van der Waals surface area contributed by atoms with Crippen LogP contribution in [-0.4, -0.2) is 51.5 Å². The molecule has 2 aliphatic carbocycles. The van der Waals surface area contributed by atoms with Gasteiger partial charge in [0.1, 0.15) is 5.60 Å². The van der Waals surface area contributed by atoms with E-state index >= 15 is 0 Å². The maximum atomic E-state index is 11.9. The first-order valence-corrected chi connectivity index (χ1v) is 13.9. The van der Waals surface area contributed by atoms with Gasteiger partial charge in [-0.1, -0.05) is 48.5 Å². The van der Waals surface area contributed by atoms with Crippen molar-refractivity contribution < 1.29 is 22.1 Å². The Bertz CT molecular complexity index is 1230. The first kappa shape index (κ1) is 22.1. The van der Waals surface area contributed by atoms with Gasteiger partial charge in [0.05, 0.1) is 20.0 Å². The molecule has 7 heteroatoms. The molecule has 2 fully saturated rings. The van der Waals surface area contributed by atoms with Gasteiger partial charge in [-0.15, -0.1) is 0 Å². The molecule has 1 saturated carbocycles. The molecule has 6 rings (SSSR count). The highest BCUT2D eigenvalue weighted by atomic mass is 32.2. The van der Waals surface area contributed by atoms with Gasteiger partial charge in [0.2, 0.25) is 0 Å². The van der Waals surface area contributed by atoms with Gasteiger partial charge in [0, 0.05) is 30.1 Å². The number of piperidine rings is 1. The Morgan fingerprint density at radius 1 is 1.12 bits per heavy atom. The Morgan fingerprint density at radius 2 is 1.94 bits per heavy atom. The molecule has 1 spiro atoms. The van der Waals surface area contributed by atoms with Crippen LogP contribution in [0.5, 0.6) is 11.5 Å². The first-order chi connectivity index (χ1) is 16.4. The highest BCUT2D eigenvalue weighted by Crippen LogP contribution is 2.68. The molecule has 0 radical (unpaired) electrons. The summed E-state index contributed by atoms with van der Waals surface area (Å²) < 4.78 is 41.8. The van der Waals surface area contributed by atoms with Crippen LogP contribution in [0.4, 0.5) is 0 Å². The van der Waals surface area contributed by atoms with Crippen LogP contribution in [0.15, 0.2) is 60.7 Å². The summed E-state index contributed by atoms with van der Waals surface area (Å²) in [4.78, 5) is 2.54. The second-order valence-electron chi connectivity index (χ2n) is 10.2. The molecule has 4 bridgehead atoms. The van der Waals surface area contributed by atoms with E-state index in [0.29, 0.717) is 0 Å². The number of likely N-dealkylation sites (tertiary alicyclic amines) is 1. The Labute approximate surface area is 201 Å². The average molecular weight is 482 g/mol. The van der Waals surface area contributed by atoms with E-state index in [1.54, 1.807) is 7.11 Å². The smallest absolute Gasteiger partial charge is 0.264 e. The fourth-order valence-corrected chi connectivity index (χ4v) is 7.72. The lowest BCUT2D eigenvalue weighted by molar-refractivity contribution is -0.115. The van der Waals surface area contributed by atoms with E-state index in [-0.39, 0.29) is 29.9 Å². The molecule has 2 aromatic carbocycles. The van der Waals surface area contributed by atoms with Crippen LogP contribution in [0.2, 0.25) is 0 Å². The summed E-state index contributed by atoms with van der Waals surface area (Å²) in [5.41, 5.74) is 1.83. The molecule has 2 aromatic rings. The maximum absolute atomic E-state index is 11.9. The van der Waals surface area contributed by atoms with Crippen molar-refractivity contribution in [2.75, 3.05) is 26.5 Å². The van der Waals surface area contributed by atoms with Gasteiger partial charge < -0.3 is 9.47 Å². The molecule has 0 N–H and O–H groups in total. The van der Waals surface area contributed by atoms with Crippen molar-refractivity contribution in [2.45, 2.75) is 42.9 Å². The van der Waals surface area contributed by atoms with Crippen LogP contribution < -0.4 is 9.47 Å². The van der Waals surface area contributed by atoms with Gasteiger partial charge in [0.15, 0.2) is 11.5 Å². The van der Waals surface area contributed by atoms with E-state index in [1.165, 1.54) is 11.1 Å². The van der Waals surface area contributed by atoms with Crippen LogP contribution >= 0.6 is 0 Å². The Kier molecular flexibility index (Phi) is 5.10. The number of benzene rings is 2. The van der Waals surface area contributed by atoms with Crippen molar-refractivity contribution >= 4 is 10.1 Å². The van der Waals surface area contributed by atoms with E-state index < -0.39 is 15.7 Å². The molecule has 2 heterocycles. The van der Waals surface area contributed by atoms with Gasteiger partial charge >= 0.3 is 0 Å². The van der Waals surface area contributed by atoms with Crippen LogP contribution in [0.3, 0.4) is 0 Å². The van der Waals surface area contributed by atoms with Gasteiger partial charge in [-0.2, -0.15) is 8.42 Å². The van der Waals surface area contributed by atoms with E-state index in [1.807, 2.05) is 12.1 Å². The van der Waals surface area contributed by atoms with Crippen LogP contribution in [-0.2, 0) is 26.3 Å². The fraction of sp³-hybridized carbons (Fsp3) is 0.481. The van der Waals surface area contributed by atoms with Gasteiger partial charge in [0.25, 0.3) is 10.1 Å². The minimum atomic E-state index is -3.52. The second kappa shape index (κ2) is 7.83. The molecular formula is C27H31NO5S. The molecule has 5 unspecified atom stereocenters. The van der Waals surface area contributed by atoms with E-state index in [4.69, 9.17) is 13.7 Å². The van der Waals surface area contributed by atoms with Crippen LogP contribution in [0, 0.1) is 11.8 Å². The third-order valence-electron chi connectivity index (χ3n) is 8.55. The van der Waals surface area contributed by atoms with Crippen molar-refractivity contribution in [1.82, 2.24) is 4.90 Å². The number of fused-ring (bicyclic) bond motifs is 1. The van der Waals surface area contributed by atoms with E-state index in [2.05, 4.69) is 53.5 Å². The van der Waals surface area contributed by atoms with Crippen molar-refractivity contribution in [2.24, 2.45) is 11.8 Å². The van der Waals surface area contributed by atoms with Crippen molar-refractivity contribution in [3.8, 4) is 11.5 Å². The van der Waals surface area contributed by atoms with Gasteiger partial charge in [-0.3, -0.25) is 9.08 Å². The lowest BCUT2D eigenvalue weighted by Gasteiger charge is -2.63. The number of methoxy groups -OCH3 is 1. The van der Waals surface area contributed by atoms with Crippen molar-refractivity contribution in [3.05, 3.63) is 71.8 Å². The molecule has 4 aliphatic rings. The SMILES string of the molecule is COc1cccc2c1OC13C=CC4C(C(COS(C)(=O)=O)CC1)C23CCN4Cc1ccccc1. The molecule has 0 aromatic heterocycles. The van der Waals surface area contributed by atoms with Gasteiger partial charge in [-0.25, -0.2) is 0 Å². The number of ether oxygens (including phenoxy) is 2. The van der Waals surface area contributed by atoms with Crippen LogP contribution in [0.1, 0.15) is 30.4 Å². The summed E-state index contributed by atoms with van der Waals surface area (Å²) in [6.45, 7) is 2.02. The highest BCUT2D eigenvalue weighted by Gasteiger charge is 2.70. The fourth-order valence-electron chi connectivity index (χ4n) is 7.29. The largest absolute Gasteiger partial charge is 0.493 e. The van der Waals surface area contributed by atoms with E-state index in [9.17, 15) is 8.42 Å². The highest BCUT2D eigenvalue weighted by molar-refractivity contribution is 7.85. The third kappa shape index (κ3) is 3.17. The topological polar surface area (TPSA) is 65.1 Å². The average Bonchev–Trinajstić information content (AvgIpc) is 3.12. The monoisotopic (exact) mass is 481 g/mol. The zero-order valence-corrected chi connectivity index (χ0v) is 20.5. The number of rotatable bonds is 6. The predicted molar refractivity (Wildman–Crippen MR) is 129 cm³/mol. The second-order valence-corrected chi connectivity index (χ2v) is 11.8. The molecule has 34 heavy (non-hydrogen) atoms. The summed E-state index contributed by atoms with van der Waals surface area (Å²) in [6.07, 6.45) is 8.40. The summed E-state index contributed by atoms with van der Waals surface area (Å²) in [5.74, 6) is 1.90. The minimum Gasteiger partial charge on any atom is -0.493 e. The molecular weight excluding hydrogens is 450 g/mol. The number of nitrogens with zero attached hydrogens (tertiary/aromatic N) is 1. The Balaban J connectivity index is 1.46. The lowest BCUT2D eigenvalue weighted by Crippen LogP contribution is -2.70. The van der Waals surface area contributed by atoms with Gasteiger partial charge in [-0.05, 0) is 48.8 Å². The van der Waals surface area contributed by atoms with E-state index in [0.717, 1.165) is 50.1 Å². The number of hydrogen-bond acceptors (Lipinski definition) is 6.